The van der Waals surface area contributed by atoms with Crippen LogP contribution in [0.15, 0.2) is 30.3 Å². The van der Waals surface area contributed by atoms with E-state index >= 15 is 0 Å². The summed E-state index contributed by atoms with van der Waals surface area (Å²) in [4.78, 5) is 0. The van der Waals surface area contributed by atoms with Crippen molar-refractivity contribution in [2.45, 2.75) is 6.61 Å². The summed E-state index contributed by atoms with van der Waals surface area (Å²) < 4.78 is 41.2. The minimum atomic E-state index is -1.15. The lowest BCUT2D eigenvalue weighted by atomic mass is 10.1. The molecule has 0 fully saturated rings. The van der Waals surface area contributed by atoms with Crippen LogP contribution in [0.4, 0.5) is 24.5 Å². The predicted molar refractivity (Wildman–Crippen MR) is 74.7 cm³/mol. The predicted octanol–water partition coefficient (Wildman–Crippen LogP) is 3.94. The van der Waals surface area contributed by atoms with Crippen LogP contribution < -0.4 is 5.32 Å². The Hall–Kier alpha value is -1.28. The third-order valence-corrected chi connectivity index (χ3v) is 3.21. The van der Waals surface area contributed by atoms with E-state index in [1.165, 1.54) is 18.2 Å². The smallest absolute Gasteiger partial charge is 0.182 e. The zero-order chi connectivity index (χ0) is 14.0. The van der Waals surface area contributed by atoms with Gasteiger partial charge in [-0.1, -0.05) is 6.07 Å². The highest BCUT2D eigenvalue weighted by atomic mass is 127. The molecule has 0 amide bonds. The molecule has 6 heteroatoms. The van der Waals surface area contributed by atoms with Gasteiger partial charge in [0, 0.05) is 9.13 Å². The van der Waals surface area contributed by atoms with Gasteiger partial charge < -0.3 is 10.4 Å². The highest BCUT2D eigenvalue weighted by Gasteiger charge is 2.14. The van der Waals surface area contributed by atoms with Crippen molar-refractivity contribution in [2.75, 3.05) is 5.32 Å². The quantitative estimate of drug-likeness (QED) is 0.792. The summed E-state index contributed by atoms with van der Waals surface area (Å²) in [6.45, 7) is -0.481. The molecule has 0 aliphatic heterocycles. The lowest BCUT2D eigenvalue weighted by Crippen LogP contribution is -2.03. The van der Waals surface area contributed by atoms with Crippen molar-refractivity contribution in [3.8, 4) is 0 Å². The lowest BCUT2D eigenvalue weighted by molar-refractivity contribution is 0.281. The second kappa shape index (κ2) is 5.79. The van der Waals surface area contributed by atoms with E-state index in [4.69, 9.17) is 5.11 Å². The Kier molecular flexibility index (Phi) is 4.31. The molecular weight excluding hydrogens is 370 g/mol. The molecule has 0 aliphatic carbocycles. The maximum Gasteiger partial charge on any atom is 0.182 e. The van der Waals surface area contributed by atoms with Crippen molar-refractivity contribution in [3.63, 3.8) is 0 Å². The van der Waals surface area contributed by atoms with Gasteiger partial charge in [0.05, 0.1) is 18.0 Å². The fraction of sp³-hybridized carbons (Fsp3) is 0.0769. The molecule has 19 heavy (non-hydrogen) atoms. The molecule has 2 aromatic rings. The third kappa shape index (κ3) is 3.01. The van der Waals surface area contributed by atoms with Gasteiger partial charge in [0.1, 0.15) is 5.82 Å². The summed E-state index contributed by atoms with van der Waals surface area (Å²) in [5, 5.41) is 11.6. The van der Waals surface area contributed by atoms with Crippen molar-refractivity contribution in [3.05, 3.63) is 56.9 Å². The van der Waals surface area contributed by atoms with E-state index in [2.05, 4.69) is 5.32 Å². The summed E-state index contributed by atoms with van der Waals surface area (Å²) in [5.41, 5.74) is -0.0981. The van der Waals surface area contributed by atoms with Gasteiger partial charge in [0.15, 0.2) is 11.6 Å². The maximum absolute atomic E-state index is 13.7. The van der Waals surface area contributed by atoms with E-state index in [1.54, 1.807) is 6.07 Å². The van der Waals surface area contributed by atoms with Gasteiger partial charge in [-0.3, -0.25) is 0 Å². The van der Waals surface area contributed by atoms with E-state index < -0.39 is 24.1 Å². The zero-order valence-electron chi connectivity index (χ0n) is 9.55. The largest absolute Gasteiger partial charge is 0.392 e. The number of aliphatic hydroxyl groups is 1. The van der Waals surface area contributed by atoms with Gasteiger partial charge in [0.25, 0.3) is 0 Å². The van der Waals surface area contributed by atoms with E-state index in [1.807, 2.05) is 22.6 Å². The first-order valence-corrected chi connectivity index (χ1v) is 6.40. The number of hydrogen-bond donors (Lipinski definition) is 2. The molecule has 0 unspecified atom stereocenters. The summed E-state index contributed by atoms with van der Waals surface area (Å²) in [6, 6.07) is 6.46. The highest BCUT2D eigenvalue weighted by molar-refractivity contribution is 14.1. The Labute approximate surface area is 121 Å². The normalized spacial score (nSPS) is 10.6. The van der Waals surface area contributed by atoms with Crippen LogP contribution in [0.3, 0.4) is 0 Å². The van der Waals surface area contributed by atoms with Crippen LogP contribution in [0.2, 0.25) is 0 Å². The zero-order valence-corrected chi connectivity index (χ0v) is 11.7. The molecule has 0 radical (unpaired) electrons. The van der Waals surface area contributed by atoms with Crippen molar-refractivity contribution in [1.29, 1.82) is 0 Å². The SMILES string of the molecule is OCc1ccc(F)c(F)c1Nc1ccc(I)cc1F. The molecule has 2 aromatic carbocycles. The van der Waals surface area contributed by atoms with Gasteiger partial charge in [0.2, 0.25) is 0 Å². The average Bonchev–Trinajstić information content (AvgIpc) is 2.38. The first-order chi connectivity index (χ1) is 9.02. The summed E-state index contributed by atoms with van der Waals surface area (Å²) in [5.74, 6) is -2.80. The monoisotopic (exact) mass is 379 g/mol. The fourth-order valence-corrected chi connectivity index (χ4v) is 2.04. The van der Waals surface area contributed by atoms with Gasteiger partial charge >= 0.3 is 0 Å². The highest BCUT2D eigenvalue weighted by Crippen LogP contribution is 2.28. The van der Waals surface area contributed by atoms with Gasteiger partial charge in [-0.25, -0.2) is 13.2 Å². The fourth-order valence-electron chi connectivity index (χ4n) is 1.58. The first-order valence-electron chi connectivity index (χ1n) is 5.32. The van der Waals surface area contributed by atoms with E-state index in [0.29, 0.717) is 3.57 Å². The summed E-state index contributed by atoms with van der Waals surface area (Å²) in [7, 11) is 0. The number of benzene rings is 2. The lowest BCUT2D eigenvalue weighted by Gasteiger charge is -2.13. The van der Waals surface area contributed by atoms with E-state index in [0.717, 1.165) is 6.07 Å². The topological polar surface area (TPSA) is 32.3 Å². The standard InChI is InChI=1S/C13H9F3INO/c14-9-3-1-7(6-19)13(12(9)16)18-11-4-2-8(17)5-10(11)15/h1-5,18-19H,6H2. The second-order valence-corrected chi connectivity index (χ2v) is 5.05. The maximum atomic E-state index is 13.7. The average molecular weight is 379 g/mol. The number of nitrogens with one attached hydrogen (secondary N) is 1. The Bertz CT molecular complexity index is 619. The van der Waals surface area contributed by atoms with Crippen LogP contribution in [0.25, 0.3) is 0 Å². The Morgan fingerprint density at radius 2 is 1.79 bits per heavy atom. The molecule has 0 bridgehead atoms. The van der Waals surface area contributed by atoms with Crippen LogP contribution in [-0.4, -0.2) is 5.11 Å². The van der Waals surface area contributed by atoms with Crippen LogP contribution in [0, 0.1) is 21.0 Å². The molecule has 0 heterocycles. The molecule has 0 saturated carbocycles. The van der Waals surface area contributed by atoms with Gasteiger partial charge in [-0.15, -0.1) is 0 Å². The third-order valence-electron chi connectivity index (χ3n) is 2.54. The molecule has 2 rings (SSSR count). The van der Waals surface area contributed by atoms with Gasteiger partial charge in [-0.2, -0.15) is 0 Å². The van der Waals surface area contributed by atoms with Gasteiger partial charge in [-0.05, 0) is 46.9 Å². The minimum absolute atomic E-state index is 0.0135. The molecule has 2 N–H and O–H groups in total. The molecule has 0 atom stereocenters. The summed E-state index contributed by atoms with van der Waals surface area (Å²) in [6.07, 6.45) is 0. The van der Waals surface area contributed by atoms with Crippen molar-refractivity contribution in [1.82, 2.24) is 0 Å². The Morgan fingerprint density at radius 1 is 1.05 bits per heavy atom. The van der Waals surface area contributed by atoms with Crippen LogP contribution in [0.5, 0.6) is 0 Å². The van der Waals surface area contributed by atoms with Crippen LogP contribution in [-0.2, 0) is 6.61 Å². The Morgan fingerprint density at radius 3 is 2.42 bits per heavy atom. The first kappa shape index (κ1) is 14.1. The molecular formula is C13H9F3INO. The Balaban J connectivity index is 2.45. The van der Waals surface area contributed by atoms with Crippen molar-refractivity contribution in [2.24, 2.45) is 0 Å². The number of aliphatic hydroxyl groups excluding tert-OH is 1. The number of rotatable bonds is 3. The van der Waals surface area contributed by atoms with Crippen LogP contribution >= 0.6 is 22.6 Å². The van der Waals surface area contributed by atoms with Crippen molar-refractivity contribution < 1.29 is 18.3 Å². The van der Waals surface area contributed by atoms with Crippen molar-refractivity contribution >= 4 is 34.0 Å². The number of halogens is 4. The molecule has 0 spiro atoms. The minimum Gasteiger partial charge on any atom is -0.392 e. The molecule has 0 aliphatic rings. The molecule has 0 saturated heterocycles. The second-order valence-electron chi connectivity index (χ2n) is 3.80. The number of hydrogen-bond acceptors (Lipinski definition) is 2. The molecule has 0 aromatic heterocycles. The molecule has 100 valence electrons. The van der Waals surface area contributed by atoms with Crippen LogP contribution in [0.1, 0.15) is 5.56 Å². The summed E-state index contributed by atoms with van der Waals surface area (Å²) >= 11 is 1.94. The van der Waals surface area contributed by atoms with E-state index in [-0.39, 0.29) is 16.9 Å². The molecule has 2 nitrogen and oxygen atoms in total. The number of anilines is 2. The van der Waals surface area contributed by atoms with E-state index in [9.17, 15) is 13.2 Å².